The molecule has 0 bridgehead atoms. The number of benzene rings is 1. The largest absolute Gasteiger partial charge is 0.545 e. The predicted octanol–water partition coefficient (Wildman–Crippen LogP) is 0.467. The van der Waals surface area contributed by atoms with Crippen LogP contribution in [0.25, 0.3) is 6.08 Å². The zero-order valence-electron chi connectivity index (χ0n) is 8.52. The van der Waals surface area contributed by atoms with E-state index in [2.05, 4.69) is 0 Å². The average Bonchev–Trinajstić information content (AvgIpc) is 2.25. The molecule has 1 rings (SSSR count). The van der Waals surface area contributed by atoms with Gasteiger partial charge in [-0.3, -0.25) is 0 Å². The first-order valence-electron chi connectivity index (χ1n) is 4.28. The van der Waals surface area contributed by atoms with Crippen LogP contribution in [-0.2, 0) is 4.79 Å². The zero-order valence-corrected chi connectivity index (χ0v) is 8.52. The van der Waals surface area contributed by atoms with Gasteiger partial charge in [0.2, 0.25) is 0 Å². The molecule has 0 atom stereocenters. The molecule has 0 fully saturated rings. The smallest absolute Gasteiger partial charge is 0.161 e. The monoisotopic (exact) mass is 207 g/mol. The Balaban J connectivity index is 2.97. The van der Waals surface area contributed by atoms with Crippen LogP contribution in [0, 0.1) is 0 Å². The van der Waals surface area contributed by atoms with Crippen LogP contribution in [0.4, 0.5) is 0 Å². The molecule has 0 aromatic heterocycles. The second kappa shape index (κ2) is 5.05. The Labute approximate surface area is 87.7 Å². The molecular weight excluding hydrogens is 196 g/mol. The fourth-order valence-electron chi connectivity index (χ4n) is 1.12. The van der Waals surface area contributed by atoms with Gasteiger partial charge in [0.05, 0.1) is 20.2 Å². The summed E-state index contributed by atoms with van der Waals surface area (Å²) in [6, 6.07) is 5.10. The Hall–Kier alpha value is -1.97. The number of hydrogen-bond donors (Lipinski definition) is 0. The minimum atomic E-state index is -1.23. The van der Waals surface area contributed by atoms with Crippen molar-refractivity contribution in [3.63, 3.8) is 0 Å². The third-order valence-corrected chi connectivity index (χ3v) is 1.82. The SMILES string of the molecule is COc1ccc(C=CC(=O)[O-])cc1OC. The lowest BCUT2D eigenvalue weighted by Crippen LogP contribution is -2.18. The fraction of sp³-hybridized carbons (Fsp3) is 0.182. The Morgan fingerprint density at radius 2 is 1.93 bits per heavy atom. The van der Waals surface area contributed by atoms with Crippen molar-refractivity contribution >= 4 is 12.0 Å². The highest BCUT2D eigenvalue weighted by atomic mass is 16.5. The van der Waals surface area contributed by atoms with Gasteiger partial charge in [0, 0.05) is 0 Å². The lowest BCUT2D eigenvalue weighted by Gasteiger charge is -2.07. The number of ether oxygens (including phenoxy) is 2. The van der Waals surface area contributed by atoms with Crippen molar-refractivity contribution in [3.8, 4) is 11.5 Å². The summed E-state index contributed by atoms with van der Waals surface area (Å²) in [4.78, 5) is 10.2. The van der Waals surface area contributed by atoms with Crippen LogP contribution in [0.5, 0.6) is 11.5 Å². The minimum Gasteiger partial charge on any atom is -0.545 e. The van der Waals surface area contributed by atoms with E-state index >= 15 is 0 Å². The quantitative estimate of drug-likeness (QED) is 0.673. The zero-order chi connectivity index (χ0) is 11.3. The molecule has 0 aliphatic heterocycles. The number of methoxy groups -OCH3 is 2. The first-order valence-corrected chi connectivity index (χ1v) is 4.28. The van der Waals surface area contributed by atoms with E-state index < -0.39 is 5.97 Å². The number of carbonyl (C=O) groups is 1. The van der Waals surface area contributed by atoms with E-state index in [-0.39, 0.29) is 0 Å². The van der Waals surface area contributed by atoms with E-state index in [9.17, 15) is 9.90 Å². The number of aliphatic carboxylic acids is 1. The maximum Gasteiger partial charge on any atom is 0.161 e. The second-order valence-electron chi connectivity index (χ2n) is 2.77. The Kier molecular flexibility index (Phi) is 3.74. The molecule has 15 heavy (non-hydrogen) atoms. The van der Waals surface area contributed by atoms with Crippen molar-refractivity contribution in [1.82, 2.24) is 0 Å². The molecule has 0 amide bonds. The molecule has 0 N–H and O–H groups in total. The van der Waals surface area contributed by atoms with E-state index in [1.165, 1.54) is 20.3 Å². The average molecular weight is 207 g/mol. The van der Waals surface area contributed by atoms with Gasteiger partial charge in [-0.05, 0) is 23.8 Å². The van der Waals surface area contributed by atoms with E-state index in [1.54, 1.807) is 18.2 Å². The maximum atomic E-state index is 10.2. The van der Waals surface area contributed by atoms with Crippen LogP contribution in [0.2, 0.25) is 0 Å². The van der Waals surface area contributed by atoms with Gasteiger partial charge in [-0.25, -0.2) is 0 Å². The molecule has 0 aliphatic carbocycles. The fourth-order valence-corrected chi connectivity index (χ4v) is 1.12. The van der Waals surface area contributed by atoms with Crippen molar-refractivity contribution in [1.29, 1.82) is 0 Å². The molecule has 1 aromatic rings. The van der Waals surface area contributed by atoms with Gasteiger partial charge in [0.25, 0.3) is 0 Å². The summed E-state index contributed by atoms with van der Waals surface area (Å²) >= 11 is 0. The van der Waals surface area contributed by atoms with Crippen LogP contribution in [0.15, 0.2) is 24.3 Å². The summed E-state index contributed by atoms with van der Waals surface area (Å²) in [5.74, 6) is -0.0779. The van der Waals surface area contributed by atoms with Gasteiger partial charge in [-0.15, -0.1) is 0 Å². The molecule has 0 spiro atoms. The number of rotatable bonds is 4. The first kappa shape index (κ1) is 11.1. The molecule has 0 saturated heterocycles. The molecule has 0 saturated carbocycles. The molecular formula is C11H11O4-. The number of carboxylic acid groups (broad SMARTS) is 1. The van der Waals surface area contributed by atoms with Crippen molar-refractivity contribution in [2.45, 2.75) is 0 Å². The normalized spacial score (nSPS) is 10.3. The molecule has 0 aliphatic rings. The number of hydrogen-bond acceptors (Lipinski definition) is 4. The summed E-state index contributed by atoms with van der Waals surface area (Å²) in [5, 5.41) is 10.2. The summed E-state index contributed by atoms with van der Waals surface area (Å²) in [5.41, 5.74) is 0.705. The standard InChI is InChI=1S/C11H12O4/c1-14-9-5-3-8(4-6-11(12)13)7-10(9)15-2/h3-7H,1-2H3,(H,12,13)/p-1. The van der Waals surface area contributed by atoms with Gasteiger partial charge in [0.15, 0.2) is 11.5 Å². The summed E-state index contributed by atoms with van der Waals surface area (Å²) in [6.45, 7) is 0. The lowest BCUT2D eigenvalue weighted by atomic mass is 10.2. The van der Waals surface area contributed by atoms with Crippen molar-refractivity contribution < 1.29 is 19.4 Å². The highest BCUT2D eigenvalue weighted by Gasteiger charge is 2.02. The van der Waals surface area contributed by atoms with Gasteiger partial charge in [-0.1, -0.05) is 12.1 Å². The minimum absolute atomic E-state index is 0.554. The summed E-state index contributed by atoms with van der Waals surface area (Å²) in [7, 11) is 3.05. The van der Waals surface area contributed by atoms with Gasteiger partial charge in [0.1, 0.15) is 0 Å². The van der Waals surface area contributed by atoms with E-state index in [4.69, 9.17) is 9.47 Å². The van der Waals surface area contributed by atoms with Gasteiger partial charge >= 0.3 is 0 Å². The Morgan fingerprint density at radius 1 is 1.27 bits per heavy atom. The number of carbonyl (C=O) groups excluding carboxylic acids is 1. The lowest BCUT2D eigenvalue weighted by molar-refractivity contribution is -0.297. The molecule has 0 unspecified atom stereocenters. The van der Waals surface area contributed by atoms with Crippen LogP contribution >= 0.6 is 0 Å². The van der Waals surface area contributed by atoms with Crippen molar-refractivity contribution in [2.75, 3.05) is 14.2 Å². The molecule has 0 radical (unpaired) electrons. The maximum absolute atomic E-state index is 10.2. The van der Waals surface area contributed by atoms with E-state index in [1.807, 2.05) is 0 Å². The molecule has 4 nitrogen and oxygen atoms in total. The third-order valence-electron chi connectivity index (χ3n) is 1.82. The first-order chi connectivity index (χ1) is 7.17. The van der Waals surface area contributed by atoms with Crippen LogP contribution in [0.3, 0.4) is 0 Å². The molecule has 4 heteroatoms. The van der Waals surface area contributed by atoms with Gasteiger partial charge in [-0.2, -0.15) is 0 Å². The third kappa shape index (κ3) is 3.02. The summed E-state index contributed by atoms with van der Waals surface area (Å²) in [6.07, 6.45) is 2.39. The van der Waals surface area contributed by atoms with Crippen LogP contribution in [-0.4, -0.2) is 20.2 Å². The Bertz CT molecular complexity index is 382. The molecule has 1 aromatic carbocycles. The highest BCUT2D eigenvalue weighted by Crippen LogP contribution is 2.27. The van der Waals surface area contributed by atoms with Crippen LogP contribution in [0.1, 0.15) is 5.56 Å². The molecule has 80 valence electrons. The van der Waals surface area contributed by atoms with Crippen molar-refractivity contribution in [3.05, 3.63) is 29.8 Å². The topological polar surface area (TPSA) is 58.6 Å². The number of carboxylic acids is 1. The second-order valence-corrected chi connectivity index (χ2v) is 2.77. The highest BCUT2D eigenvalue weighted by molar-refractivity contribution is 5.83. The van der Waals surface area contributed by atoms with Crippen LogP contribution < -0.4 is 14.6 Å². The Morgan fingerprint density at radius 3 is 2.47 bits per heavy atom. The van der Waals surface area contributed by atoms with E-state index in [0.717, 1.165) is 6.08 Å². The van der Waals surface area contributed by atoms with Gasteiger partial charge < -0.3 is 19.4 Å². The summed E-state index contributed by atoms with van der Waals surface area (Å²) < 4.78 is 10.1. The van der Waals surface area contributed by atoms with Crippen molar-refractivity contribution in [2.24, 2.45) is 0 Å². The van der Waals surface area contributed by atoms with E-state index in [0.29, 0.717) is 17.1 Å². The predicted molar refractivity (Wildman–Crippen MR) is 53.6 cm³/mol. The molecule has 0 heterocycles.